The molecule has 20 heavy (non-hydrogen) atoms. The lowest BCUT2D eigenvalue weighted by Gasteiger charge is -2.31. The average molecular weight is 276 g/mol. The number of carboxylic acids is 1. The van der Waals surface area contributed by atoms with Crippen LogP contribution in [-0.2, 0) is 10.2 Å². The van der Waals surface area contributed by atoms with E-state index in [2.05, 4.69) is 27.7 Å². The Morgan fingerprint density at radius 3 is 1.80 bits per heavy atom. The van der Waals surface area contributed by atoms with Crippen LogP contribution in [0.3, 0.4) is 0 Å². The number of carbonyl (C=O) groups is 1. The third-order valence-electron chi connectivity index (χ3n) is 4.03. The zero-order chi connectivity index (χ0) is 15.2. The van der Waals surface area contributed by atoms with E-state index < -0.39 is 11.4 Å². The van der Waals surface area contributed by atoms with Gasteiger partial charge in [0.05, 0.1) is 5.41 Å². The van der Waals surface area contributed by atoms with Crippen LogP contribution in [0.25, 0.3) is 0 Å². The van der Waals surface area contributed by atoms with Gasteiger partial charge in [-0.2, -0.15) is 0 Å². The third-order valence-corrected chi connectivity index (χ3v) is 4.03. The molecule has 0 aliphatic heterocycles. The van der Waals surface area contributed by atoms with E-state index in [0.29, 0.717) is 11.8 Å². The van der Waals surface area contributed by atoms with E-state index in [1.54, 1.807) is 0 Å². The topological polar surface area (TPSA) is 37.3 Å². The summed E-state index contributed by atoms with van der Waals surface area (Å²) in [7, 11) is 0. The lowest BCUT2D eigenvalue weighted by Crippen LogP contribution is -2.36. The molecule has 0 saturated carbocycles. The molecule has 0 atom stereocenters. The number of aliphatic carboxylic acids is 1. The predicted octanol–water partition coefficient (Wildman–Crippen LogP) is 4.88. The van der Waals surface area contributed by atoms with Gasteiger partial charge in [0, 0.05) is 0 Å². The van der Waals surface area contributed by atoms with Gasteiger partial charge in [-0.25, -0.2) is 0 Å². The highest BCUT2D eigenvalue weighted by Gasteiger charge is 2.39. The van der Waals surface area contributed by atoms with Crippen molar-refractivity contribution in [1.29, 1.82) is 0 Å². The molecule has 0 bridgehead atoms. The van der Waals surface area contributed by atoms with Crippen molar-refractivity contribution in [1.82, 2.24) is 0 Å². The Bertz CT molecular complexity index is 395. The van der Waals surface area contributed by atoms with E-state index in [1.165, 1.54) is 0 Å². The largest absolute Gasteiger partial charge is 0.481 e. The summed E-state index contributed by atoms with van der Waals surface area (Å²) in [6.07, 6.45) is 3.33. The summed E-state index contributed by atoms with van der Waals surface area (Å²) in [4.78, 5) is 12.0. The summed E-state index contributed by atoms with van der Waals surface area (Å²) in [5, 5.41) is 9.90. The van der Waals surface area contributed by atoms with Crippen molar-refractivity contribution in [2.45, 2.75) is 58.8 Å². The Kier molecular flexibility index (Phi) is 6.25. The molecular weight excluding hydrogens is 248 g/mol. The molecule has 2 nitrogen and oxygen atoms in total. The minimum atomic E-state index is -0.726. The molecule has 0 unspecified atom stereocenters. The molecule has 0 spiro atoms. The minimum absolute atomic E-state index is 0.525. The predicted molar refractivity (Wildman–Crippen MR) is 83.9 cm³/mol. The Balaban J connectivity index is 3.09. The maximum atomic E-state index is 12.0. The first kappa shape index (κ1) is 16.7. The molecule has 0 radical (unpaired) electrons. The fraction of sp³-hybridized carbons (Fsp3) is 0.611. The number of hydrogen-bond acceptors (Lipinski definition) is 1. The maximum Gasteiger partial charge on any atom is 0.314 e. The summed E-state index contributed by atoms with van der Waals surface area (Å²) in [5.74, 6) is 0.373. The maximum absolute atomic E-state index is 12.0. The average Bonchev–Trinajstić information content (AvgIpc) is 2.39. The van der Waals surface area contributed by atoms with E-state index in [-0.39, 0.29) is 0 Å². The number of carboxylic acid groups (broad SMARTS) is 1. The fourth-order valence-electron chi connectivity index (χ4n) is 2.58. The van der Waals surface area contributed by atoms with Crippen LogP contribution < -0.4 is 0 Å². The van der Waals surface area contributed by atoms with Gasteiger partial charge in [0.15, 0.2) is 0 Å². The summed E-state index contributed by atoms with van der Waals surface area (Å²) in [6.45, 7) is 8.61. The lowest BCUT2D eigenvalue weighted by atomic mass is 9.71. The van der Waals surface area contributed by atoms with Crippen LogP contribution in [0, 0.1) is 11.8 Å². The van der Waals surface area contributed by atoms with Gasteiger partial charge in [-0.15, -0.1) is 0 Å². The standard InChI is InChI=1S/C18H28O2/c1-14(2)10-12-18(17(19)20,13-11-15(3)4)16-8-6-5-7-9-16/h5-9,14-15H,10-13H2,1-4H3,(H,19,20). The second-order valence-corrected chi connectivity index (χ2v) is 6.62. The van der Waals surface area contributed by atoms with Crippen molar-refractivity contribution >= 4 is 5.97 Å². The number of rotatable bonds is 8. The van der Waals surface area contributed by atoms with Crippen molar-refractivity contribution in [2.24, 2.45) is 11.8 Å². The van der Waals surface area contributed by atoms with Gasteiger partial charge in [-0.05, 0) is 43.1 Å². The van der Waals surface area contributed by atoms with Crippen molar-refractivity contribution < 1.29 is 9.90 Å². The Morgan fingerprint density at radius 1 is 1.00 bits per heavy atom. The molecule has 112 valence electrons. The SMILES string of the molecule is CC(C)CCC(CCC(C)C)(C(=O)O)c1ccccc1. The van der Waals surface area contributed by atoms with E-state index in [0.717, 1.165) is 31.2 Å². The van der Waals surface area contributed by atoms with Gasteiger partial charge in [0.1, 0.15) is 0 Å². The normalized spacial score (nSPS) is 12.1. The first-order valence-electron chi connectivity index (χ1n) is 7.67. The Hall–Kier alpha value is -1.31. The zero-order valence-electron chi connectivity index (χ0n) is 13.2. The molecule has 2 heteroatoms. The summed E-state index contributed by atoms with van der Waals surface area (Å²) >= 11 is 0. The monoisotopic (exact) mass is 276 g/mol. The molecular formula is C18H28O2. The van der Waals surface area contributed by atoms with Crippen LogP contribution in [0.15, 0.2) is 30.3 Å². The van der Waals surface area contributed by atoms with Crippen LogP contribution in [0.5, 0.6) is 0 Å². The third kappa shape index (κ3) is 4.36. The molecule has 1 N–H and O–H groups in total. The molecule has 1 rings (SSSR count). The van der Waals surface area contributed by atoms with E-state index >= 15 is 0 Å². The first-order valence-corrected chi connectivity index (χ1v) is 7.67. The molecule has 0 amide bonds. The van der Waals surface area contributed by atoms with Crippen LogP contribution >= 0.6 is 0 Å². The van der Waals surface area contributed by atoms with Gasteiger partial charge < -0.3 is 5.11 Å². The van der Waals surface area contributed by atoms with E-state index in [1.807, 2.05) is 30.3 Å². The summed E-state index contributed by atoms with van der Waals surface area (Å²) in [5.41, 5.74) is 0.226. The van der Waals surface area contributed by atoms with Gasteiger partial charge in [-0.3, -0.25) is 4.79 Å². The van der Waals surface area contributed by atoms with Crippen molar-refractivity contribution in [2.75, 3.05) is 0 Å². The van der Waals surface area contributed by atoms with Gasteiger partial charge in [0.25, 0.3) is 0 Å². The highest BCUT2D eigenvalue weighted by atomic mass is 16.4. The summed E-state index contributed by atoms with van der Waals surface area (Å²) in [6, 6.07) is 9.76. The molecule has 0 heterocycles. The second-order valence-electron chi connectivity index (χ2n) is 6.62. The molecule has 0 aliphatic rings. The minimum Gasteiger partial charge on any atom is -0.481 e. The van der Waals surface area contributed by atoms with Gasteiger partial charge in [0.2, 0.25) is 0 Å². The quantitative estimate of drug-likeness (QED) is 0.734. The number of benzene rings is 1. The zero-order valence-corrected chi connectivity index (χ0v) is 13.2. The molecule has 1 aromatic carbocycles. The van der Waals surface area contributed by atoms with Crippen LogP contribution in [-0.4, -0.2) is 11.1 Å². The molecule has 0 saturated heterocycles. The smallest absolute Gasteiger partial charge is 0.314 e. The Morgan fingerprint density at radius 2 is 1.45 bits per heavy atom. The number of hydrogen-bond donors (Lipinski definition) is 1. The fourth-order valence-corrected chi connectivity index (χ4v) is 2.58. The molecule has 0 aliphatic carbocycles. The highest BCUT2D eigenvalue weighted by molar-refractivity contribution is 5.81. The van der Waals surface area contributed by atoms with Crippen LogP contribution in [0.1, 0.15) is 58.9 Å². The summed E-state index contributed by atoms with van der Waals surface area (Å²) < 4.78 is 0. The van der Waals surface area contributed by atoms with Gasteiger partial charge >= 0.3 is 5.97 Å². The van der Waals surface area contributed by atoms with E-state index in [4.69, 9.17) is 0 Å². The molecule has 0 aromatic heterocycles. The van der Waals surface area contributed by atoms with E-state index in [9.17, 15) is 9.90 Å². The van der Waals surface area contributed by atoms with Crippen molar-refractivity contribution in [3.05, 3.63) is 35.9 Å². The molecule has 1 aromatic rings. The van der Waals surface area contributed by atoms with Crippen LogP contribution in [0.2, 0.25) is 0 Å². The Labute approximate surface area is 123 Å². The molecule has 0 fully saturated rings. The van der Waals surface area contributed by atoms with Crippen LogP contribution in [0.4, 0.5) is 0 Å². The second kappa shape index (κ2) is 7.47. The first-order chi connectivity index (χ1) is 9.38. The van der Waals surface area contributed by atoms with Crippen molar-refractivity contribution in [3.8, 4) is 0 Å². The van der Waals surface area contributed by atoms with Crippen molar-refractivity contribution in [3.63, 3.8) is 0 Å². The van der Waals surface area contributed by atoms with Gasteiger partial charge in [-0.1, -0.05) is 58.0 Å². The highest BCUT2D eigenvalue weighted by Crippen LogP contribution is 2.37. The lowest BCUT2D eigenvalue weighted by molar-refractivity contribution is -0.144.